The number of nitrogens with zero attached hydrogens (tertiary/aromatic N) is 1. The van der Waals surface area contributed by atoms with E-state index in [9.17, 15) is 24.6 Å². The third-order valence-electron chi connectivity index (χ3n) is 16.8. The van der Waals surface area contributed by atoms with Crippen LogP contribution in [0.3, 0.4) is 0 Å². The molecule has 3 N–H and O–H groups in total. The maximum absolute atomic E-state index is 14.2. The molecule has 10 atom stereocenters. The summed E-state index contributed by atoms with van der Waals surface area (Å²) in [7, 11) is 4.16. The Morgan fingerprint density at radius 2 is 1.60 bits per heavy atom. The average molecular weight is 761 g/mol. The van der Waals surface area contributed by atoms with Crippen LogP contribution in [0.1, 0.15) is 138 Å². The predicted molar refractivity (Wildman–Crippen MR) is 217 cm³/mol. The van der Waals surface area contributed by atoms with E-state index >= 15 is 0 Å². The lowest BCUT2D eigenvalue weighted by molar-refractivity contribution is -0.235. The molecule has 1 aromatic rings. The number of aliphatic carboxylic acids is 1. The van der Waals surface area contributed by atoms with Crippen molar-refractivity contribution in [3.05, 3.63) is 47.0 Å². The first-order valence-electron chi connectivity index (χ1n) is 21.4. The zero-order valence-electron chi connectivity index (χ0n) is 35.9. The van der Waals surface area contributed by atoms with Gasteiger partial charge in [-0.2, -0.15) is 0 Å². The summed E-state index contributed by atoms with van der Waals surface area (Å²) in [5, 5.41) is 25.8. The van der Waals surface area contributed by atoms with Gasteiger partial charge in [0.2, 0.25) is 0 Å². The molecule has 5 aliphatic rings. The van der Waals surface area contributed by atoms with Crippen molar-refractivity contribution in [3.8, 4) is 0 Å². The third kappa shape index (κ3) is 6.86. The van der Waals surface area contributed by atoms with Crippen LogP contribution in [0.5, 0.6) is 0 Å². The number of aliphatic hydroxyl groups excluding tert-OH is 1. The number of aliphatic hydroxyl groups is 1. The van der Waals surface area contributed by atoms with Crippen molar-refractivity contribution < 1.29 is 29.3 Å². The van der Waals surface area contributed by atoms with E-state index in [1.165, 1.54) is 11.1 Å². The molecule has 0 heterocycles. The molecule has 0 bridgehead atoms. The minimum absolute atomic E-state index is 0.0198. The van der Waals surface area contributed by atoms with Crippen LogP contribution >= 0.6 is 0 Å². The highest BCUT2D eigenvalue weighted by Crippen LogP contribution is 2.77. The van der Waals surface area contributed by atoms with Gasteiger partial charge in [0.15, 0.2) is 5.78 Å². The number of carboxylic acids is 1. The monoisotopic (exact) mass is 761 g/mol. The van der Waals surface area contributed by atoms with Gasteiger partial charge in [0.05, 0.1) is 17.9 Å². The number of esters is 1. The van der Waals surface area contributed by atoms with Gasteiger partial charge in [-0.05, 0) is 130 Å². The molecule has 306 valence electrons. The van der Waals surface area contributed by atoms with E-state index in [0.717, 1.165) is 63.5 Å². The van der Waals surface area contributed by atoms with Crippen molar-refractivity contribution in [1.29, 1.82) is 0 Å². The number of Topliss-reactive ketones (excluding diaryl/α,β-unsaturated/α-hetero) is 1. The number of carbonyl (C=O) groups excluding carboxylic acids is 2. The van der Waals surface area contributed by atoms with Crippen LogP contribution in [0.25, 0.3) is 0 Å². The van der Waals surface area contributed by atoms with E-state index in [-0.39, 0.29) is 57.8 Å². The molecule has 0 amide bonds. The minimum atomic E-state index is -1.17. The van der Waals surface area contributed by atoms with Crippen molar-refractivity contribution in [2.45, 2.75) is 145 Å². The second kappa shape index (κ2) is 14.7. The normalized spacial score (nSPS) is 36.8. The molecule has 0 radical (unpaired) electrons. The number of ketones is 1. The number of nitrogens with one attached hydrogen (secondary N) is 1. The number of carbonyl (C=O) groups is 3. The molecule has 0 unspecified atom stereocenters. The van der Waals surface area contributed by atoms with Gasteiger partial charge in [-0.25, -0.2) is 0 Å². The largest absolute Gasteiger partial charge is 0.481 e. The van der Waals surface area contributed by atoms with E-state index in [1.54, 1.807) is 13.8 Å². The fraction of sp³-hybridized carbons (Fsp3) is 0.766. The highest BCUT2D eigenvalue weighted by molar-refractivity contribution is 6.00. The summed E-state index contributed by atoms with van der Waals surface area (Å²) in [6, 6.07) is 10.5. The molecule has 0 aliphatic heterocycles. The van der Waals surface area contributed by atoms with Gasteiger partial charge in [0.25, 0.3) is 0 Å². The van der Waals surface area contributed by atoms with Gasteiger partial charge < -0.3 is 25.2 Å². The fourth-order valence-corrected chi connectivity index (χ4v) is 13.7. The molecular formula is C47H72N2O6. The van der Waals surface area contributed by atoms with E-state index in [1.807, 2.05) is 6.07 Å². The van der Waals surface area contributed by atoms with Gasteiger partial charge in [-0.3, -0.25) is 14.4 Å². The standard InChI is InChI=1S/C47H72N2O6/c1-29(2)39-33(50)25-47(36(51)27-48-32(28-49(10)11)30-15-13-12-14-16-30)24-23-45(8)31(40(39)47)17-18-35-44(7)21-20-37(55-38(52)26-42(3,4)41(53)54)43(5,6)34(44)19-22-46(35,45)9/h12-16,29,31-32,34-37,48,51H,17-28H2,1-11H3,(H,53,54)/t31-,32+,34+,35-,36+,37+,44+,45-,46-,47+/m1/s1. The van der Waals surface area contributed by atoms with E-state index in [0.29, 0.717) is 24.8 Å². The van der Waals surface area contributed by atoms with E-state index < -0.39 is 28.9 Å². The molecule has 1 aromatic carbocycles. The second-order valence-corrected chi connectivity index (χ2v) is 21.2. The molecule has 8 nitrogen and oxygen atoms in total. The Morgan fingerprint density at radius 3 is 2.22 bits per heavy atom. The topological polar surface area (TPSA) is 116 Å². The highest BCUT2D eigenvalue weighted by Gasteiger charge is 2.70. The van der Waals surface area contributed by atoms with E-state index in [4.69, 9.17) is 4.74 Å². The van der Waals surface area contributed by atoms with Gasteiger partial charge >= 0.3 is 11.9 Å². The smallest absolute Gasteiger partial charge is 0.309 e. The van der Waals surface area contributed by atoms with Crippen LogP contribution in [0.15, 0.2) is 41.5 Å². The number of hydrogen-bond acceptors (Lipinski definition) is 7. The Morgan fingerprint density at radius 1 is 0.927 bits per heavy atom. The SMILES string of the molecule is CC(C)C1=C2[C@H]3CC[C@@H]4[C@@]5(C)CC[C@H](OC(=O)CC(C)(C)C(=O)O)C(C)(C)[C@@H]5CC[C@@]4(C)[C@]3(C)CC[C@@]2([C@@H](O)CN[C@@H](CN(C)C)c2ccccc2)CC1=O. The van der Waals surface area contributed by atoms with Crippen LogP contribution in [0, 0.1) is 56.2 Å². The summed E-state index contributed by atoms with van der Waals surface area (Å²) in [4.78, 5) is 41.3. The van der Waals surface area contributed by atoms with E-state index in [2.05, 4.69) is 97.0 Å². The average Bonchev–Trinajstić information content (AvgIpc) is 3.41. The van der Waals surface area contributed by atoms with Crippen molar-refractivity contribution in [1.82, 2.24) is 10.2 Å². The summed E-state index contributed by atoms with van der Waals surface area (Å²) in [6.07, 6.45) is 7.18. The van der Waals surface area contributed by atoms with Crippen molar-refractivity contribution in [2.24, 2.45) is 56.2 Å². The summed E-state index contributed by atoms with van der Waals surface area (Å²) >= 11 is 0. The molecule has 4 saturated carbocycles. The van der Waals surface area contributed by atoms with Crippen LogP contribution in [-0.4, -0.2) is 72.2 Å². The van der Waals surface area contributed by atoms with Gasteiger partial charge in [0.1, 0.15) is 6.10 Å². The lowest BCUT2D eigenvalue weighted by atomic mass is 9.33. The van der Waals surface area contributed by atoms with Crippen LogP contribution in [0.2, 0.25) is 0 Å². The molecule has 4 fully saturated rings. The van der Waals surface area contributed by atoms with Gasteiger partial charge in [0, 0.05) is 36.4 Å². The summed E-state index contributed by atoms with van der Waals surface area (Å²) in [5.74, 6) is 0.0404. The Labute approximate surface area is 331 Å². The van der Waals surface area contributed by atoms with Crippen LogP contribution in [-0.2, 0) is 19.1 Å². The molecule has 55 heavy (non-hydrogen) atoms. The molecule has 0 spiro atoms. The number of benzene rings is 1. The number of ether oxygens (including phenoxy) is 1. The molecule has 0 aromatic heterocycles. The minimum Gasteiger partial charge on any atom is -0.481 e. The molecule has 0 saturated heterocycles. The number of hydrogen-bond donors (Lipinski definition) is 3. The number of carboxylic acid groups (broad SMARTS) is 1. The first-order valence-corrected chi connectivity index (χ1v) is 21.4. The maximum atomic E-state index is 14.2. The maximum Gasteiger partial charge on any atom is 0.309 e. The van der Waals surface area contributed by atoms with Crippen LogP contribution < -0.4 is 5.32 Å². The zero-order valence-corrected chi connectivity index (χ0v) is 35.9. The summed E-state index contributed by atoms with van der Waals surface area (Å²) < 4.78 is 6.19. The molecule has 5 aliphatic carbocycles. The quantitative estimate of drug-likeness (QED) is 0.182. The Kier molecular flexibility index (Phi) is 11.2. The second-order valence-electron chi connectivity index (χ2n) is 21.2. The Bertz CT molecular complexity index is 1670. The first kappa shape index (κ1) is 42.1. The number of likely N-dealkylation sites (N-methyl/N-ethyl adjacent to an activating group) is 1. The molecule has 6 rings (SSSR count). The number of rotatable bonds is 12. The Hall–Kier alpha value is -2.55. The van der Waals surface area contributed by atoms with Crippen LogP contribution in [0.4, 0.5) is 0 Å². The van der Waals surface area contributed by atoms with Crippen molar-refractivity contribution in [3.63, 3.8) is 0 Å². The highest BCUT2D eigenvalue weighted by atomic mass is 16.5. The van der Waals surface area contributed by atoms with Gasteiger partial charge in [-0.1, -0.05) is 84.4 Å². The summed E-state index contributed by atoms with van der Waals surface area (Å²) in [5.41, 5.74) is 1.63. The molecular weight excluding hydrogens is 689 g/mol. The van der Waals surface area contributed by atoms with Crippen molar-refractivity contribution >= 4 is 17.7 Å². The molecule has 8 heteroatoms. The summed E-state index contributed by atoms with van der Waals surface area (Å²) in [6.45, 7) is 21.0. The zero-order chi connectivity index (χ0) is 40.5. The van der Waals surface area contributed by atoms with Gasteiger partial charge in [-0.15, -0.1) is 0 Å². The number of fused-ring (bicyclic) bond motifs is 7. The number of allylic oxidation sites excluding steroid dienone is 1. The van der Waals surface area contributed by atoms with Crippen molar-refractivity contribution in [2.75, 3.05) is 27.2 Å². The third-order valence-corrected chi connectivity index (χ3v) is 16.8. The predicted octanol–water partition coefficient (Wildman–Crippen LogP) is 8.63. The lowest BCUT2D eigenvalue weighted by Crippen LogP contribution is -2.66. The lowest BCUT2D eigenvalue weighted by Gasteiger charge is -2.72. The fourth-order valence-electron chi connectivity index (χ4n) is 13.7. The first-order chi connectivity index (χ1) is 25.5. The Balaban J connectivity index is 1.27.